The molecule has 2 aliphatic heterocycles. The average Bonchev–Trinajstić information content (AvgIpc) is 3.40. The highest BCUT2D eigenvalue weighted by Gasteiger charge is 2.36. The van der Waals surface area contributed by atoms with Gasteiger partial charge in [0.2, 0.25) is 6.79 Å². The molecule has 0 spiro atoms. The van der Waals surface area contributed by atoms with Crippen LogP contribution in [-0.4, -0.2) is 27.8 Å². The molecule has 182 valence electrons. The van der Waals surface area contributed by atoms with Gasteiger partial charge in [0.05, 0.1) is 21.3 Å². The summed E-state index contributed by atoms with van der Waals surface area (Å²) in [5.74, 6) is 0.471. The highest BCUT2D eigenvalue weighted by Crippen LogP contribution is 2.40. The number of carbonyl (C=O) groups is 2. The molecular weight excluding hydrogens is 547 g/mol. The number of amides is 2. The third kappa shape index (κ3) is 5.03. The Morgan fingerprint density at radius 3 is 2.50 bits per heavy atom. The van der Waals surface area contributed by atoms with Crippen LogP contribution < -0.4 is 9.47 Å². The summed E-state index contributed by atoms with van der Waals surface area (Å²) >= 11 is 14.2. The fraction of sp³-hybridized carbons (Fsp3) is 0.0833. The maximum atomic E-state index is 13.0. The maximum Gasteiger partial charge on any atom is 0.293 e. The zero-order valence-electron chi connectivity index (χ0n) is 18.1. The Morgan fingerprint density at radius 1 is 1.06 bits per heavy atom. The quantitative estimate of drug-likeness (QED) is 0.180. The number of carbonyl (C=O) groups excluding carboxylic acids is 2. The zero-order chi connectivity index (χ0) is 25.4. The normalized spacial score (nSPS) is 15.7. The first-order chi connectivity index (χ1) is 17.3. The fourth-order valence-electron chi connectivity index (χ4n) is 3.52. The van der Waals surface area contributed by atoms with E-state index in [2.05, 4.69) is 0 Å². The number of nitro benzene ring substituents is 1. The molecule has 3 aromatic carbocycles. The number of fused-ring (bicyclic) bond motifs is 1. The number of thioether (sulfide) groups is 1. The van der Waals surface area contributed by atoms with Gasteiger partial charge in [0.1, 0.15) is 0 Å². The largest absolute Gasteiger partial charge is 0.454 e. The van der Waals surface area contributed by atoms with E-state index in [1.807, 2.05) is 0 Å². The number of ether oxygens (including phenoxy) is 2. The summed E-state index contributed by atoms with van der Waals surface area (Å²) in [6, 6.07) is 14.8. The van der Waals surface area contributed by atoms with Crippen molar-refractivity contribution in [2.45, 2.75) is 16.3 Å². The highest BCUT2D eigenvalue weighted by molar-refractivity contribution is 8.18. The molecule has 3 aromatic rings. The lowest BCUT2D eigenvalue weighted by atomic mass is 10.1. The van der Waals surface area contributed by atoms with Crippen LogP contribution in [0.15, 0.2) is 69.3 Å². The maximum absolute atomic E-state index is 13.0. The van der Waals surface area contributed by atoms with Crippen LogP contribution >= 0.6 is 46.7 Å². The van der Waals surface area contributed by atoms with E-state index in [9.17, 15) is 19.7 Å². The van der Waals surface area contributed by atoms with Crippen molar-refractivity contribution >= 4 is 69.6 Å². The molecule has 0 saturated carbocycles. The van der Waals surface area contributed by atoms with Crippen molar-refractivity contribution in [1.82, 2.24) is 4.90 Å². The van der Waals surface area contributed by atoms with E-state index in [4.69, 9.17) is 32.7 Å². The van der Waals surface area contributed by atoms with Crippen LogP contribution in [0.4, 0.5) is 10.5 Å². The molecule has 2 aliphatic rings. The Labute approximate surface area is 223 Å². The highest BCUT2D eigenvalue weighted by atomic mass is 35.5. The van der Waals surface area contributed by atoms with Crippen LogP contribution in [0.25, 0.3) is 6.08 Å². The lowest BCUT2D eigenvalue weighted by Crippen LogP contribution is -2.27. The van der Waals surface area contributed by atoms with E-state index in [-0.39, 0.29) is 23.9 Å². The first-order valence-corrected chi connectivity index (χ1v) is 12.7. The summed E-state index contributed by atoms with van der Waals surface area (Å²) in [4.78, 5) is 39.3. The summed E-state index contributed by atoms with van der Waals surface area (Å²) in [7, 11) is 0. The van der Waals surface area contributed by atoms with Gasteiger partial charge >= 0.3 is 0 Å². The SMILES string of the molecule is O=C1S/C(=C\c2ccc(Sc3ccc(Cl)cc3)c([N+](=O)[O-])c2)C(=O)N1Cc1cc2c(cc1Cl)OCO2. The summed E-state index contributed by atoms with van der Waals surface area (Å²) < 4.78 is 10.6. The van der Waals surface area contributed by atoms with Crippen molar-refractivity contribution in [3.8, 4) is 11.5 Å². The van der Waals surface area contributed by atoms with Crippen LogP contribution in [-0.2, 0) is 11.3 Å². The second-order valence-corrected chi connectivity index (χ2v) is 10.6. The number of nitro groups is 1. The van der Waals surface area contributed by atoms with Gasteiger partial charge in [-0.15, -0.1) is 0 Å². The van der Waals surface area contributed by atoms with E-state index in [1.165, 1.54) is 23.9 Å². The van der Waals surface area contributed by atoms with Gasteiger partial charge in [0, 0.05) is 27.1 Å². The Morgan fingerprint density at radius 2 is 1.78 bits per heavy atom. The van der Waals surface area contributed by atoms with Gasteiger partial charge in [-0.2, -0.15) is 0 Å². The third-order valence-electron chi connectivity index (χ3n) is 5.26. The molecule has 12 heteroatoms. The molecule has 0 radical (unpaired) electrons. The summed E-state index contributed by atoms with van der Waals surface area (Å²) in [6.45, 7) is 0.0247. The zero-order valence-corrected chi connectivity index (χ0v) is 21.2. The molecule has 0 aliphatic carbocycles. The fourth-order valence-corrected chi connectivity index (χ4v) is 5.60. The summed E-state index contributed by atoms with van der Waals surface area (Å²) in [5, 5.41) is 12.2. The molecule has 8 nitrogen and oxygen atoms in total. The topological polar surface area (TPSA) is 99.0 Å². The van der Waals surface area contributed by atoms with E-state index in [1.54, 1.807) is 48.5 Å². The van der Waals surface area contributed by atoms with Crippen LogP contribution in [0.5, 0.6) is 11.5 Å². The Hall–Kier alpha value is -3.18. The van der Waals surface area contributed by atoms with E-state index < -0.39 is 16.1 Å². The molecule has 36 heavy (non-hydrogen) atoms. The Bertz CT molecular complexity index is 1450. The van der Waals surface area contributed by atoms with Gasteiger partial charge in [-0.3, -0.25) is 24.6 Å². The smallest absolute Gasteiger partial charge is 0.293 e. The molecular formula is C24H14Cl2N2O6S2. The lowest BCUT2D eigenvalue weighted by molar-refractivity contribution is -0.387. The van der Waals surface area contributed by atoms with E-state index in [0.29, 0.717) is 37.6 Å². The standard InChI is InChI=1S/C24H14Cl2N2O6S2/c25-15-2-4-16(5-3-15)35-21-6-1-13(7-18(21)28(31)32)8-22-23(29)27(24(30)36-22)11-14-9-19-20(10-17(14)26)34-12-33-19/h1-10H,11-12H2/b22-8-. The van der Waals surface area contributed by atoms with Gasteiger partial charge in [-0.25, -0.2) is 0 Å². The van der Waals surface area contributed by atoms with E-state index >= 15 is 0 Å². The predicted octanol–water partition coefficient (Wildman–Crippen LogP) is 7.02. The van der Waals surface area contributed by atoms with Crippen molar-refractivity contribution in [2.75, 3.05) is 6.79 Å². The van der Waals surface area contributed by atoms with Crippen molar-refractivity contribution in [3.05, 3.63) is 90.8 Å². The number of benzene rings is 3. The minimum absolute atomic E-state index is 0.0473. The van der Waals surface area contributed by atoms with Crippen molar-refractivity contribution in [2.24, 2.45) is 0 Å². The number of hydrogen-bond donors (Lipinski definition) is 0. The van der Waals surface area contributed by atoms with Crippen LogP contribution in [0.3, 0.4) is 0 Å². The molecule has 0 unspecified atom stereocenters. The molecule has 2 amide bonds. The molecule has 0 bridgehead atoms. The number of imide groups is 1. The monoisotopic (exact) mass is 560 g/mol. The minimum Gasteiger partial charge on any atom is -0.454 e. The molecule has 0 atom stereocenters. The van der Waals surface area contributed by atoms with Crippen LogP contribution in [0.2, 0.25) is 10.0 Å². The Balaban J connectivity index is 1.37. The molecule has 1 saturated heterocycles. The summed E-state index contributed by atoms with van der Waals surface area (Å²) in [5.41, 5.74) is 0.840. The van der Waals surface area contributed by atoms with Gasteiger partial charge in [0.15, 0.2) is 11.5 Å². The second kappa shape index (κ2) is 10.1. The average molecular weight is 561 g/mol. The first kappa shape index (κ1) is 24.5. The molecule has 0 aromatic heterocycles. The lowest BCUT2D eigenvalue weighted by Gasteiger charge is -2.14. The van der Waals surface area contributed by atoms with Crippen LogP contribution in [0.1, 0.15) is 11.1 Å². The second-order valence-electron chi connectivity index (χ2n) is 7.60. The van der Waals surface area contributed by atoms with Crippen molar-refractivity contribution in [3.63, 3.8) is 0 Å². The first-order valence-electron chi connectivity index (χ1n) is 10.3. The summed E-state index contributed by atoms with van der Waals surface area (Å²) in [6.07, 6.45) is 1.47. The number of nitrogens with zero attached hydrogens (tertiary/aromatic N) is 2. The molecule has 5 rings (SSSR count). The van der Waals surface area contributed by atoms with Gasteiger partial charge in [0.25, 0.3) is 16.8 Å². The minimum atomic E-state index is -0.513. The van der Waals surface area contributed by atoms with E-state index in [0.717, 1.165) is 21.6 Å². The van der Waals surface area contributed by atoms with Crippen LogP contribution in [0, 0.1) is 10.1 Å². The molecule has 2 heterocycles. The number of rotatable bonds is 6. The van der Waals surface area contributed by atoms with Crippen molar-refractivity contribution < 1.29 is 24.0 Å². The third-order valence-corrected chi connectivity index (χ3v) is 7.85. The van der Waals surface area contributed by atoms with Crippen molar-refractivity contribution in [1.29, 1.82) is 0 Å². The van der Waals surface area contributed by atoms with Gasteiger partial charge < -0.3 is 9.47 Å². The number of hydrogen-bond acceptors (Lipinski definition) is 8. The predicted molar refractivity (Wildman–Crippen MR) is 138 cm³/mol. The molecule has 0 N–H and O–H groups in total. The number of halogens is 2. The molecule has 1 fully saturated rings. The van der Waals surface area contributed by atoms with Gasteiger partial charge in [-0.05, 0) is 65.4 Å². The Kier molecular flexibility index (Phi) is 6.85. The van der Waals surface area contributed by atoms with Gasteiger partial charge in [-0.1, -0.05) is 41.0 Å².